The van der Waals surface area contributed by atoms with E-state index >= 15 is 0 Å². The van der Waals surface area contributed by atoms with Crippen LogP contribution < -0.4 is 0 Å². The van der Waals surface area contributed by atoms with Crippen molar-refractivity contribution in [3.8, 4) is 0 Å². The summed E-state index contributed by atoms with van der Waals surface area (Å²) in [5, 5.41) is 0. The number of methoxy groups -OCH3 is 1. The summed E-state index contributed by atoms with van der Waals surface area (Å²) in [4.78, 5) is 10.8. The van der Waals surface area contributed by atoms with Gasteiger partial charge in [0.05, 0.1) is 13.4 Å². The van der Waals surface area contributed by atoms with Crippen LogP contribution in [0.2, 0.25) is 0 Å². The predicted molar refractivity (Wildman–Crippen MR) is 35.0 cm³/mol. The van der Waals surface area contributed by atoms with E-state index < -0.39 is 23.5 Å². The SMILES string of the molecule is COC(=O)c1ccoc1C(F)(F)F. The molecule has 0 spiro atoms. The number of hydrogen-bond acceptors (Lipinski definition) is 3. The average Bonchev–Trinajstić information content (AvgIpc) is 2.49. The Bertz CT molecular complexity index is 313. The van der Waals surface area contributed by atoms with Gasteiger partial charge in [0.25, 0.3) is 0 Å². The smallest absolute Gasteiger partial charge is 0.450 e. The third kappa shape index (κ3) is 1.82. The maximum Gasteiger partial charge on any atom is 0.450 e. The number of ether oxygens (including phenoxy) is 1. The van der Waals surface area contributed by atoms with Crippen molar-refractivity contribution < 1.29 is 27.1 Å². The summed E-state index contributed by atoms with van der Waals surface area (Å²) in [6.45, 7) is 0. The van der Waals surface area contributed by atoms with Gasteiger partial charge in [-0.3, -0.25) is 0 Å². The topological polar surface area (TPSA) is 39.4 Å². The van der Waals surface area contributed by atoms with Gasteiger partial charge in [-0.25, -0.2) is 4.79 Å². The molecule has 0 amide bonds. The third-order valence-corrected chi connectivity index (χ3v) is 1.33. The molecule has 0 fully saturated rings. The standard InChI is InChI=1S/C7H5F3O3/c1-12-6(11)4-2-3-13-5(4)7(8,9)10/h2-3H,1H3. The van der Waals surface area contributed by atoms with Crippen LogP contribution in [0.25, 0.3) is 0 Å². The van der Waals surface area contributed by atoms with Crippen LogP contribution in [0.1, 0.15) is 16.1 Å². The maximum absolute atomic E-state index is 12.1. The summed E-state index contributed by atoms with van der Waals surface area (Å²) < 4.78 is 44.5. The lowest BCUT2D eigenvalue weighted by Crippen LogP contribution is -2.11. The van der Waals surface area contributed by atoms with Crippen molar-refractivity contribution in [2.75, 3.05) is 7.11 Å². The Morgan fingerprint density at radius 2 is 2.15 bits per heavy atom. The molecule has 13 heavy (non-hydrogen) atoms. The lowest BCUT2D eigenvalue weighted by molar-refractivity contribution is -0.153. The molecule has 0 aromatic carbocycles. The van der Waals surface area contributed by atoms with Crippen LogP contribution in [-0.4, -0.2) is 13.1 Å². The molecule has 72 valence electrons. The van der Waals surface area contributed by atoms with E-state index in [1.165, 1.54) is 0 Å². The molecular formula is C7H5F3O3. The number of rotatable bonds is 1. The van der Waals surface area contributed by atoms with Crippen LogP contribution in [0.3, 0.4) is 0 Å². The first-order chi connectivity index (χ1) is 5.96. The highest BCUT2D eigenvalue weighted by Gasteiger charge is 2.39. The number of esters is 1. The van der Waals surface area contributed by atoms with Crippen LogP contribution >= 0.6 is 0 Å². The fraction of sp³-hybridized carbons (Fsp3) is 0.286. The number of halogens is 3. The first-order valence-electron chi connectivity index (χ1n) is 3.20. The van der Waals surface area contributed by atoms with Gasteiger partial charge >= 0.3 is 12.1 Å². The van der Waals surface area contributed by atoms with E-state index in [4.69, 9.17) is 0 Å². The molecule has 3 nitrogen and oxygen atoms in total. The summed E-state index contributed by atoms with van der Waals surface area (Å²) in [6.07, 6.45) is -3.89. The van der Waals surface area contributed by atoms with Crippen LogP contribution in [0.4, 0.5) is 13.2 Å². The molecule has 6 heteroatoms. The molecule has 1 heterocycles. The van der Waals surface area contributed by atoms with Gasteiger partial charge in [0.15, 0.2) is 0 Å². The molecule has 0 bridgehead atoms. The van der Waals surface area contributed by atoms with Gasteiger partial charge in [-0.1, -0.05) is 0 Å². The number of furan rings is 1. The molecule has 1 aromatic heterocycles. The number of carbonyl (C=O) groups excluding carboxylic acids is 1. The highest BCUT2D eigenvalue weighted by atomic mass is 19.4. The number of carbonyl (C=O) groups is 1. The zero-order valence-corrected chi connectivity index (χ0v) is 6.51. The summed E-state index contributed by atoms with van der Waals surface area (Å²) in [7, 11) is 0.996. The van der Waals surface area contributed by atoms with Crippen molar-refractivity contribution in [3.63, 3.8) is 0 Å². The Hall–Kier alpha value is -1.46. The van der Waals surface area contributed by atoms with E-state index in [0.717, 1.165) is 19.4 Å². The molecule has 0 aliphatic heterocycles. The molecule has 0 saturated carbocycles. The Morgan fingerprint density at radius 3 is 2.62 bits per heavy atom. The number of hydrogen-bond donors (Lipinski definition) is 0. The maximum atomic E-state index is 12.1. The second kappa shape index (κ2) is 3.12. The van der Waals surface area contributed by atoms with Crippen molar-refractivity contribution in [1.29, 1.82) is 0 Å². The quantitative estimate of drug-likeness (QED) is 0.642. The van der Waals surface area contributed by atoms with Crippen LogP contribution in [0, 0.1) is 0 Å². The lowest BCUT2D eigenvalue weighted by atomic mass is 10.2. The highest BCUT2D eigenvalue weighted by Crippen LogP contribution is 2.32. The van der Waals surface area contributed by atoms with E-state index in [2.05, 4.69) is 9.15 Å². The summed E-state index contributed by atoms with van der Waals surface area (Å²) in [6, 6.07) is 0.911. The molecule has 0 aliphatic carbocycles. The Balaban J connectivity index is 3.10. The van der Waals surface area contributed by atoms with E-state index in [0.29, 0.717) is 0 Å². The second-order valence-electron chi connectivity index (χ2n) is 2.15. The average molecular weight is 194 g/mol. The Labute approximate surface area is 71.1 Å². The number of alkyl halides is 3. The summed E-state index contributed by atoms with van der Waals surface area (Å²) in [5.41, 5.74) is -0.616. The van der Waals surface area contributed by atoms with Crippen LogP contribution in [0.15, 0.2) is 16.7 Å². The van der Waals surface area contributed by atoms with E-state index in [-0.39, 0.29) is 0 Å². The molecule has 0 radical (unpaired) electrons. The van der Waals surface area contributed by atoms with E-state index in [1.54, 1.807) is 0 Å². The fourth-order valence-corrected chi connectivity index (χ4v) is 0.799. The largest absolute Gasteiger partial charge is 0.465 e. The van der Waals surface area contributed by atoms with Gasteiger partial charge in [-0.15, -0.1) is 0 Å². The molecule has 0 unspecified atom stereocenters. The molecule has 0 aliphatic rings. The van der Waals surface area contributed by atoms with Gasteiger partial charge in [-0.05, 0) is 6.07 Å². The highest BCUT2D eigenvalue weighted by molar-refractivity contribution is 5.90. The van der Waals surface area contributed by atoms with Gasteiger partial charge in [-0.2, -0.15) is 13.2 Å². The van der Waals surface area contributed by atoms with Gasteiger partial charge in [0, 0.05) is 0 Å². The molecular weight excluding hydrogens is 189 g/mol. The normalized spacial score (nSPS) is 11.4. The van der Waals surface area contributed by atoms with E-state index in [9.17, 15) is 18.0 Å². The zero-order chi connectivity index (χ0) is 10.1. The first-order valence-corrected chi connectivity index (χ1v) is 3.20. The van der Waals surface area contributed by atoms with Crippen molar-refractivity contribution >= 4 is 5.97 Å². The minimum absolute atomic E-state index is 0.616. The molecule has 1 rings (SSSR count). The van der Waals surface area contributed by atoms with Gasteiger partial charge < -0.3 is 9.15 Å². The van der Waals surface area contributed by atoms with Gasteiger partial charge in [0.2, 0.25) is 5.76 Å². The van der Waals surface area contributed by atoms with Crippen molar-refractivity contribution in [1.82, 2.24) is 0 Å². The molecule has 0 atom stereocenters. The fourth-order valence-electron chi connectivity index (χ4n) is 0.799. The zero-order valence-electron chi connectivity index (χ0n) is 6.51. The summed E-state index contributed by atoms with van der Waals surface area (Å²) >= 11 is 0. The monoisotopic (exact) mass is 194 g/mol. The van der Waals surface area contributed by atoms with Crippen molar-refractivity contribution in [2.45, 2.75) is 6.18 Å². The minimum Gasteiger partial charge on any atom is -0.465 e. The Kier molecular flexibility index (Phi) is 2.31. The third-order valence-electron chi connectivity index (χ3n) is 1.33. The van der Waals surface area contributed by atoms with Crippen LogP contribution in [0.5, 0.6) is 0 Å². The molecule has 0 saturated heterocycles. The minimum atomic E-state index is -4.67. The Morgan fingerprint density at radius 1 is 1.54 bits per heavy atom. The van der Waals surface area contributed by atoms with Crippen molar-refractivity contribution in [2.24, 2.45) is 0 Å². The second-order valence-corrected chi connectivity index (χ2v) is 2.15. The lowest BCUT2D eigenvalue weighted by Gasteiger charge is -2.03. The van der Waals surface area contributed by atoms with E-state index in [1.807, 2.05) is 0 Å². The van der Waals surface area contributed by atoms with Crippen LogP contribution in [-0.2, 0) is 10.9 Å². The van der Waals surface area contributed by atoms with Gasteiger partial charge in [0.1, 0.15) is 5.56 Å². The molecule has 0 N–H and O–H groups in total. The summed E-state index contributed by atoms with van der Waals surface area (Å²) in [5.74, 6) is -2.40. The first kappa shape index (κ1) is 9.63. The van der Waals surface area contributed by atoms with Crippen molar-refractivity contribution in [3.05, 3.63) is 23.7 Å². The molecule has 1 aromatic rings. The predicted octanol–water partition coefficient (Wildman–Crippen LogP) is 2.08.